The summed E-state index contributed by atoms with van der Waals surface area (Å²) >= 11 is 3.38. The number of aryl methyl sites for hydroxylation is 2. The van der Waals surface area contributed by atoms with Crippen LogP contribution in [-0.4, -0.2) is 17.8 Å². The van der Waals surface area contributed by atoms with Crippen molar-refractivity contribution in [2.45, 2.75) is 33.1 Å². The zero-order valence-electron chi connectivity index (χ0n) is 9.81. The van der Waals surface area contributed by atoms with E-state index in [1.165, 1.54) is 0 Å². The lowest BCUT2D eigenvalue weighted by atomic mass is 10.2. The van der Waals surface area contributed by atoms with Crippen molar-refractivity contribution in [1.82, 2.24) is 5.32 Å². The van der Waals surface area contributed by atoms with Crippen molar-refractivity contribution < 1.29 is 9.21 Å². The van der Waals surface area contributed by atoms with Gasteiger partial charge in [-0.15, -0.1) is 0 Å². The number of alkyl halides is 1. The van der Waals surface area contributed by atoms with Crippen LogP contribution in [0.15, 0.2) is 10.5 Å². The average molecular weight is 288 g/mol. The van der Waals surface area contributed by atoms with E-state index < -0.39 is 0 Å². The van der Waals surface area contributed by atoms with Crippen LogP contribution in [0.25, 0.3) is 0 Å². The molecule has 4 heteroatoms. The summed E-state index contributed by atoms with van der Waals surface area (Å²) in [5.74, 6) is 1.44. The van der Waals surface area contributed by atoms with Gasteiger partial charge in [-0.05, 0) is 32.8 Å². The number of carbonyl (C=O) groups is 1. The SMILES string of the molecule is Cc1cc(C(=O)NCCCCCBr)c(C)o1. The van der Waals surface area contributed by atoms with E-state index in [4.69, 9.17) is 4.42 Å². The zero-order chi connectivity index (χ0) is 12.0. The molecule has 0 aromatic carbocycles. The third-order valence-electron chi connectivity index (χ3n) is 2.38. The Morgan fingerprint density at radius 2 is 2.12 bits per heavy atom. The molecule has 1 aromatic heterocycles. The van der Waals surface area contributed by atoms with E-state index in [1.54, 1.807) is 6.07 Å². The second kappa shape index (κ2) is 6.74. The van der Waals surface area contributed by atoms with Crippen molar-refractivity contribution in [3.8, 4) is 0 Å². The molecule has 1 N–H and O–H groups in total. The van der Waals surface area contributed by atoms with Crippen LogP contribution in [-0.2, 0) is 0 Å². The summed E-state index contributed by atoms with van der Waals surface area (Å²) in [5, 5.41) is 3.93. The lowest BCUT2D eigenvalue weighted by Gasteiger charge is -2.03. The number of rotatable bonds is 6. The molecule has 3 nitrogen and oxygen atoms in total. The predicted molar refractivity (Wildman–Crippen MR) is 68.2 cm³/mol. The zero-order valence-corrected chi connectivity index (χ0v) is 11.4. The fourth-order valence-corrected chi connectivity index (χ4v) is 1.95. The van der Waals surface area contributed by atoms with E-state index in [0.717, 1.165) is 36.9 Å². The predicted octanol–water partition coefficient (Wildman–Crippen LogP) is 3.19. The topological polar surface area (TPSA) is 42.2 Å². The van der Waals surface area contributed by atoms with Crippen LogP contribution in [0.5, 0.6) is 0 Å². The highest BCUT2D eigenvalue weighted by molar-refractivity contribution is 9.09. The molecule has 0 radical (unpaired) electrons. The van der Waals surface area contributed by atoms with Gasteiger partial charge in [-0.3, -0.25) is 4.79 Å². The summed E-state index contributed by atoms with van der Waals surface area (Å²) in [5.41, 5.74) is 0.651. The van der Waals surface area contributed by atoms with Gasteiger partial charge in [-0.1, -0.05) is 22.4 Å². The van der Waals surface area contributed by atoms with E-state index in [2.05, 4.69) is 21.2 Å². The molecule has 0 spiro atoms. The minimum Gasteiger partial charge on any atom is -0.466 e. The molecule has 0 unspecified atom stereocenters. The quantitative estimate of drug-likeness (QED) is 0.645. The van der Waals surface area contributed by atoms with Gasteiger partial charge in [-0.25, -0.2) is 0 Å². The number of halogens is 1. The molecule has 0 atom stereocenters. The van der Waals surface area contributed by atoms with Crippen LogP contribution >= 0.6 is 15.9 Å². The molecule has 0 aliphatic rings. The molecule has 0 saturated heterocycles. The molecule has 90 valence electrons. The molecular formula is C12H18BrNO2. The lowest BCUT2D eigenvalue weighted by Crippen LogP contribution is -2.24. The van der Waals surface area contributed by atoms with Crippen molar-refractivity contribution in [2.24, 2.45) is 0 Å². The maximum Gasteiger partial charge on any atom is 0.254 e. The highest BCUT2D eigenvalue weighted by atomic mass is 79.9. The Bertz CT molecular complexity index is 347. The Morgan fingerprint density at radius 3 is 2.69 bits per heavy atom. The van der Waals surface area contributed by atoms with Crippen LogP contribution in [0.4, 0.5) is 0 Å². The van der Waals surface area contributed by atoms with E-state index in [9.17, 15) is 4.79 Å². The number of carbonyl (C=O) groups excluding carboxylic acids is 1. The Labute approximate surface area is 105 Å². The molecule has 0 saturated carbocycles. The number of hydrogen-bond donors (Lipinski definition) is 1. The molecular weight excluding hydrogens is 270 g/mol. The smallest absolute Gasteiger partial charge is 0.254 e. The minimum absolute atomic E-state index is 0.0341. The summed E-state index contributed by atoms with van der Waals surface area (Å²) in [6.07, 6.45) is 3.31. The number of unbranched alkanes of at least 4 members (excludes halogenated alkanes) is 2. The average Bonchev–Trinajstić information content (AvgIpc) is 2.57. The first-order chi connectivity index (χ1) is 7.65. The van der Waals surface area contributed by atoms with Crippen molar-refractivity contribution >= 4 is 21.8 Å². The maximum absolute atomic E-state index is 11.7. The molecule has 0 aliphatic carbocycles. The molecule has 16 heavy (non-hydrogen) atoms. The minimum atomic E-state index is -0.0341. The molecule has 1 aromatic rings. The summed E-state index contributed by atoms with van der Waals surface area (Å²) in [6.45, 7) is 4.39. The molecule has 1 amide bonds. The van der Waals surface area contributed by atoms with Crippen molar-refractivity contribution in [2.75, 3.05) is 11.9 Å². The number of furan rings is 1. The van der Waals surface area contributed by atoms with Crippen molar-refractivity contribution in [3.05, 3.63) is 23.2 Å². The van der Waals surface area contributed by atoms with E-state index >= 15 is 0 Å². The third-order valence-corrected chi connectivity index (χ3v) is 2.94. The van der Waals surface area contributed by atoms with Gasteiger partial charge < -0.3 is 9.73 Å². The summed E-state index contributed by atoms with van der Waals surface area (Å²) in [6, 6.07) is 1.78. The van der Waals surface area contributed by atoms with Gasteiger partial charge in [0.2, 0.25) is 0 Å². The largest absolute Gasteiger partial charge is 0.466 e. The van der Waals surface area contributed by atoms with E-state index in [0.29, 0.717) is 11.3 Å². The standard InChI is InChI=1S/C12H18BrNO2/c1-9-8-11(10(2)16-9)12(15)14-7-5-3-4-6-13/h8H,3-7H2,1-2H3,(H,14,15). The molecule has 0 bridgehead atoms. The summed E-state index contributed by atoms with van der Waals surface area (Å²) in [7, 11) is 0. The number of amides is 1. The highest BCUT2D eigenvalue weighted by Gasteiger charge is 2.12. The van der Waals surface area contributed by atoms with E-state index in [-0.39, 0.29) is 5.91 Å². The van der Waals surface area contributed by atoms with Gasteiger partial charge in [0.15, 0.2) is 0 Å². The van der Waals surface area contributed by atoms with E-state index in [1.807, 2.05) is 13.8 Å². The van der Waals surface area contributed by atoms with Crippen molar-refractivity contribution in [1.29, 1.82) is 0 Å². The molecule has 1 heterocycles. The summed E-state index contributed by atoms with van der Waals surface area (Å²) in [4.78, 5) is 11.7. The first-order valence-corrected chi connectivity index (χ1v) is 6.68. The second-order valence-corrected chi connectivity index (χ2v) is 4.63. The number of hydrogen-bond acceptors (Lipinski definition) is 2. The van der Waals surface area contributed by atoms with Crippen LogP contribution in [0.1, 0.15) is 41.1 Å². The second-order valence-electron chi connectivity index (χ2n) is 3.83. The van der Waals surface area contributed by atoms with Gasteiger partial charge in [0.25, 0.3) is 5.91 Å². The van der Waals surface area contributed by atoms with Crippen LogP contribution in [0.3, 0.4) is 0 Å². The van der Waals surface area contributed by atoms with Gasteiger partial charge in [0, 0.05) is 11.9 Å². The molecule has 1 rings (SSSR count). The van der Waals surface area contributed by atoms with Gasteiger partial charge in [0.1, 0.15) is 11.5 Å². The Kier molecular flexibility index (Phi) is 5.60. The van der Waals surface area contributed by atoms with Crippen molar-refractivity contribution in [3.63, 3.8) is 0 Å². The monoisotopic (exact) mass is 287 g/mol. The van der Waals surface area contributed by atoms with Gasteiger partial charge in [0.05, 0.1) is 5.56 Å². The van der Waals surface area contributed by atoms with Gasteiger partial charge >= 0.3 is 0 Å². The Hall–Kier alpha value is -0.770. The Morgan fingerprint density at radius 1 is 1.38 bits per heavy atom. The Balaban J connectivity index is 2.33. The van der Waals surface area contributed by atoms with Crippen LogP contribution in [0.2, 0.25) is 0 Å². The van der Waals surface area contributed by atoms with Crippen LogP contribution in [0, 0.1) is 13.8 Å². The van der Waals surface area contributed by atoms with Crippen LogP contribution < -0.4 is 5.32 Å². The lowest BCUT2D eigenvalue weighted by molar-refractivity contribution is 0.0951. The number of nitrogens with one attached hydrogen (secondary N) is 1. The first-order valence-electron chi connectivity index (χ1n) is 5.56. The fourth-order valence-electron chi connectivity index (χ4n) is 1.55. The fraction of sp³-hybridized carbons (Fsp3) is 0.583. The normalized spacial score (nSPS) is 10.4. The first kappa shape index (κ1) is 13.3. The highest BCUT2D eigenvalue weighted by Crippen LogP contribution is 2.13. The summed E-state index contributed by atoms with van der Waals surface area (Å²) < 4.78 is 5.31. The van der Waals surface area contributed by atoms with Gasteiger partial charge in [-0.2, -0.15) is 0 Å². The maximum atomic E-state index is 11.7. The third kappa shape index (κ3) is 4.00. The molecule has 0 aliphatic heterocycles. The molecule has 0 fully saturated rings.